The van der Waals surface area contributed by atoms with E-state index in [1.165, 1.54) is 11.6 Å². The van der Waals surface area contributed by atoms with E-state index in [1.54, 1.807) is 12.1 Å². The molecule has 1 aromatic heterocycles. The predicted molar refractivity (Wildman–Crippen MR) is 135 cm³/mol. The van der Waals surface area contributed by atoms with Gasteiger partial charge in [-0.1, -0.05) is 75.4 Å². The third-order valence-electron chi connectivity index (χ3n) is 6.02. The molecule has 3 nitrogen and oxygen atoms in total. The molecule has 0 aliphatic carbocycles. The van der Waals surface area contributed by atoms with Crippen LogP contribution in [-0.4, -0.2) is 15.4 Å². The highest BCUT2D eigenvalue weighted by molar-refractivity contribution is 5.94. The van der Waals surface area contributed by atoms with Crippen LogP contribution in [0.2, 0.25) is 0 Å². The second kappa shape index (κ2) is 10.1. The van der Waals surface area contributed by atoms with E-state index in [4.69, 9.17) is 0 Å². The third-order valence-corrected chi connectivity index (χ3v) is 6.02. The molecule has 0 unspecified atom stereocenters. The normalized spacial score (nSPS) is 11.4. The van der Waals surface area contributed by atoms with E-state index in [1.807, 2.05) is 83.9 Å². The Labute approximate surface area is 201 Å². The highest BCUT2D eigenvalue weighted by Gasteiger charge is 2.20. The maximum atomic E-state index is 13.7. The van der Waals surface area contributed by atoms with Crippen molar-refractivity contribution in [1.29, 1.82) is 0 Å². The summed E-state index contributed by atoms with van der Waals surface area (Å²) >= 11 is 0. The van der Waals surface area contributed by atoms with Crippen LogP contribution in [0.1, 0.15) is 53.5 Å². The lowest BCUT2D eigenvalue weighted by molar-refractivity contribution is 0.0726. The molecule has 4 rings (SSSR count). The van der Waals surface area contributed by atoms with E-state index in [0.717, 1.165) is 16.8 Å². The third kappa shape index (κ3) is 5.82. The molecule has 174 valence electrons. The predicted octanol–water partition coefficient (Wildman–Crippen LogP) is 6.82. The molecule has 1 amide bonds. The molecule has 0 saturated carbocycles. The summed E-state index contributed by atoms with van der Waals surface area (Å²) in [5, 5.41) is 0. The molecule has 1 heterocycles. The minimum atomic E-state index is -0.245. The van der Waals surface area contributed by atoms with Gasteiger partial charge in [-0.05, 0) is 58.5 Å². The SMILES string of the molecule is CC(C)(C)c1ccc(C(=O)N(Cc2ccccc2)Cc2cccn2Cc2cccc(F)c2)cc1. The molecule has 0 aliphatic heterocycles. The number of rotatable bonds is 7. The van der Waals surface area contributed by atoms with Crippen LogP contribution >= 0.6 is 0 Å². The Morgan fingerprint density at radius 1 is 0.824 bits per heavy atom. The van der Waals surface area contributed by atoms with Crippen molar-refractivity contribution in [3.8, 4) is 0 Å². The fourth-order valence-electron chi connectivity index (χ4n) is 4.07. The van der Waals surface area contributed by atoms with Crippen LogP contribution in [0, 0.1) is 5.82 Å². The summed E-state index contributed by atoms with van der Waals surface area (Å²) in [5.74, 6) is -0.256. The molecule has 0 radical (unpaired) electrons. The summed E-state index contributed by atoms with van der Waals surface area (Å²) in [6, 6.07) is 28.6. The van der Waals surface area contributed by atoms with Gasteiger partial charge in [0.2, 0.25) is 0 Å². The van der Waals surface area contributed by atoms with Gasteiger partial charge in [0, 0.05) is 30.5 Å². The molecule has 0 spiro atoms. The molecule has 0 aliphatic rings. The van der Waals surface area contributed by atoms with Crippen LogP contribution in [0.4, 0.5) is 4.39 Å². The Morgan fingerprint density at radius 2 is 1.53 bits per heavy atom. The Morgan fingerprint density at radius 3 is 2.21 bits per heavy atom. The second-order valence-corrected chi connectivity index (χ2v) is 9.73. The van der Waals surface area contributed by atoms with Crippen molar-refractivity contribution in [1.82, 2.24) is 9.47 Å². The summed E-state index contributed by atoms with van der Waals surface area (Å²) in [7, 11) is 0. The van der Waals surface area contributed by atoms with Crippen molar-refractivity contribution in [2.24, 2.45) is 0 Å². The smallest absolute Gasteiger partial charge is 0.254 e. The molecular formula is C30H31FN2O. The Kier molecular flexibility index (Phi) is 6.97. The average Bonchev–Trinajstić information content (AvgIpc) is 3.25. The fraction of sp³-hybridized carbons (Fsp3) is 0.233. The number of carbonyl (C=O) groups is 1. The van der Waals surface area contributed by atoms with Gasteiger partial charge in [0.15, 0.2) is 0 Å². The van der Waals surface area contributed by atoms with Crippen LogP contribution in [0.25, 0.3) is 0 Å². The number of aromatic nitrogens is 1. The first kappa shape index (κ1) is 23.5. The molecule has 0 bridgehead atoms. The topological polar surface area (TPSA) is 25.2 Å². The van der Waals surface area contributed by atoms with Crippen molar-refractivity contribution in [2.45, 2.75) is 45.8 Å². The molecule has 4 aromatic rings. The van der Waals surface area contributed by atoms with Gasteiger partial charge in [-0.2, -0.15) is 0 Å². The van der Waals surface area contributed by atoms with Gasteiger partial charge >= 0.3 is 0 Å². The molecule has 34 heavy (non-hydrogen) atoms. The molecule has 0 fully saturated rings. The first-order valence-corrected chi connectivity index (χ1v) is 11.6. The summed E-state index contributed by atoms with van der Waals surface area (Å²) in [6.07, 6.45) is 1.98. The van der Waals surface area contributed by atoms with Crippen molar-refractivity contribution in [3.63, 3.8) is 0 Å². The zero-order valence-corrected chi connectivity index (χ0v) is 20.0. The van der Waals surface area contributed by atoms with Gasteiger partial charge in [0.25, 0.3) is 5.91 Å². The fourth-order valence-corrected chi connectivity index (χ4v) is 4.07. The zero-order chi connectivity index (χ0) is 24.1. The van der Waals surface area contributed by atoms with Crippen molar-refractivity contribution >= 4 is 5.91 Å². The summed E-state index contributed by atoms with van der Waals surface area (Å²) in [6.45, 7) is 8.01. The largest absolute Gasteiger partial charge is 0.345 e. The zero-order valence-electron chi connectivity index (χ0n) is 20.0. The minimum Gasteiger partial charge on any atom is -0.345 e. The van der Waals surface area contributed by atoms with E-state index in [0.29, 0.717) is 25.2 Å². The van der Waals surface area contributed by atoms with Gasteiger partial charge in [-0.15, -0.1) is 0 Å². The monoisotopic (exact) mass is 454 g/mol. The standard InChI is InChI=1S/C30H31FN2O/c1-30(2,3)26-16-14-25(15-17-26)29(34)33(20-23-9-5-4-6-10-23)22-28-13-8-18-32(28)21-24-11-7-12-27(31)19-24/h4-19H,20-22H2,1-3H3. The Hall–Kier alpha value is -3.66. The number of hydrogen-bond acceptors (Lipinski definition) is 1. The number of amides is 1. The van der Waals surface area contributed by atoms with Crippen LogP contribution in [-0.2, 0) is 25.0 Å². The van der Waals surface area contributed by atoms with Gasteiger partial charge < -0.3 is 9.47 Å². The maximum Gasteiger partial charge on any atom is 0.254 e. The lowest BCUT2D eigenvalue weighted by atomic mass is 9.86. The van der Waals surface area contributed by atoms with Crippen LogP contribution in [0.5, 0.6) is 0 Å². The molecule has 0 N–H and O–H groups in total. The Balaban J connectivity index is 1.60. The van der Waals surface area contributed by atoms with E-state index < -0.39 is 0 Å². The molecule has 3 aromatic carbocycles. The molecule has 0 atom stereocenters. The summed E-state index contributed by atoms with van der Waals surface area (Å²) in [4.78, 5) is 15.5. The second-order valence-electron chi connectivity index (χ2n) is 9.73. The number of halogens is 1. The number of carbonyl (C=O) groups excluding carboxylic acids is 1. The maximum absolute atomic E-state index is 13.7. The van der Waals surface area contributed by atoms with Crippen molar-refractivity contribution in [3.05, 3.63) is 131 Å². The lowest BCUT2D eigenvalue weighted by Crippen LogP contribution is -2.31. The van der Waals surface area contributed by atoms with E-state index in [-0.39, 0.29) is 17.1 Å². The summed E-state index contributed by atoms with van der Waals surface area (Å²) in [5.41, 5.74) is 4.86. The number of benzene rings is 3. The molecular weight excluding hydrogens is 423 g/mol. The van der Waals surface area contributed by atoms with Crippen LogP contribution in [0.3, 0.4) is 0 Å². The number of nitrogens with zero attached hydrogens (tertiary/aromatic N) is 2. The van der Waals surface area contributed by atoms with Crippen molar-refractivity contribution in [2.75, 3.05) is 0 Å². The quantitative estimate of drug-likeness (QED) is 0.301. The molecule has 4 heteroatoms. The highest BCUT2D eigenvalue weighted by atomic mass is 19.1. The Bertz CT molecular complexity index is 1240. The molecule has 0 saturated heterocycles. The lowest BCUT2D eigenvalue weighted by Gasteiger charge is -2.25. The van der Waals surface area contributed by atoms with Crippen LogP contribution < -0.4 is 0 Å². The van der Waals surface area contributed by atoms with Gasteiger partial charge in [-0.3, -0.25) is 4.79 Å². The average molecular weight is 455 g/mol. The first-order valence-electron chi connectivity index (χ1n) is 11.6. The van der Waals surface area contributed by atoms with E-state index in [9.17, 15) is 9.18 Å². The minimum absolute atomic E-state index is 0.0113. The first-order chi connectivity index (χ1) is 16.3. The van der Waals surface area contributed by atoms with Gasteiger partial charge in [0.05, 0.1) is 6.54 Å². The van der Waals surface area contributed by atoms with Gasteiger partial charge in [0.1, 0.15) is 5.82 Å². The summed E-state index contributed by atoms with van der Waals surface area (Å²) < 4.78 is 15.8. The van der Waals surface area contributed by atoms with Crippen LogP contribution in [0.15, 0.2) is 97.2 Å². The van der Waals surface area contributed by atoms with Gasteiger partial charge in [-0.25, -0.2) is 4.39 Å². The van der Waals surface area contributed by atoms with E-state index in [2.05, 4.69) is 25.3 Å². The highest BCUT2D eigenvalue weighted by Crippen LogP contribution is 2.23. The number of hydrogen-bond donors (Lipinski definition) is 0. The van der Waals surface area contributed by atoms with E-state index >= 15 is 0 Å². The van der Waals surface area contributed by atoms with Crippen molar-refractivity contribution < 1.29 is 9.18 Å².